The van der Waals surface area contributed by atoms with Gasteiger partial charge >= 0.3 is 0 Å². The Morgan fingerprint density at radius 3 is 2.82 bits per heavy atom. The zero-order valence-corrected chi connectivity index (χ0v) is 10.7. The van der Waals surface area contributed by atoms with Gasteiger partial charge in [-0.3, -0.25) is 0 Å². The summed E-state index contributed by atoms with van der Waals surface area (Å²) < 4.78 is 0. The standard InChI is InChI=1S/C14H22N2O/c1-3-16(4-2)10-14-13-9-12(17)6-5-11(13)7-8-15-14/h5-6,9,14-15,17H,3-4,7-8,10H2,1-2H3. The van der Waals surface area contributed by atoms with Crippen LogP contribution in [0.1, 0.15) is 31.0 Å². The van der Waals surface area contributed by atoms with Crippen molar-refractivity contribution in [3.05, 3.63) is 29.3 Å². The molecule has 0 spiro atoms. The molecular weight excluding hydrogens is 212 g/mol. The van der Waals surface area contributed by atoms with Crippen LogP contribution in [-0.4, -0.2) is 36.2 Å². The largest absolute Gasteiger partial charge is 0.508 e. The zero-order chi connectivity index (χ0) is 12.3. The second-order valence-corrected chi connectivity index (χ2v) is 4.63. The van der Waals surface area contributed by atoms with Crippen LogP contribution in [0.5, 0.6) is 5.75 Å². The number of fused-ring (bicyclic) bond motifs is 1. The molecule has 94 valence electrons. The SMILES string of the molecule is CCN(CC)CC1NCCc2ccc(O)cc21. The van der Waals surface area contributed by atoms with E-state index in [0.717, 1.165) is 32.6 Å². The van der Waals surface area contributed by atoms with Crippen molar-refractivity contribution in [2.24, 2.45) is 0 Å². The van der Waals surface area contributed by atoms with Gasteiger partial charge in [0.25, 0.3) is 0 Å². The van der Waals surface area contributed by atoms with Gasteiger partial charge in [0.2, 0.25) is 0 Å². The van der Waals surface area contributed by atoms with Crippen molar-refractivity contribution < 1.29 is 5.11 Å². The lowest BCUT2D eigenvalue weighted by molar-refractivity contribution is 0.261. The Labute approximate surface area is 103 Å². The van der Waals surface area contributed by atoms with E-state index in [4.69, 9.17) is 0 Å². The Balaban J connectivity index is 2.18. The molecule has 1 heterocycles. The first-order valence-corrected chi connectivity index (χ1v) is 6.52. The summed E-state index contributed by atoms with van der Waals surface area (Å²) in [5.41, 5.74) is 2.64. The van der Waals surface area contributed by atoms with E-state index in [1.54, 1.807) is 6.07 Å². The molecule has 0 bridgehead atoms. The third kappa shape index (κ3) is 2.79. The number of hydrogen-bond acceptors (Lipinski definition) is 3. The second kappa shape index (κ2) is 5.52. The smallest absolute Gasteiger partial charge is 0.115 e. The predicted molar refractivity (Wildman–Crippen MR) is 70.3 cm³/mol. The molecule has 3 heteroatoms. The van der Waals surface area contributed by atoms with Crippen LogP contribution in [0.3, 0.4) is 0 Å². The molecule has 0 aromatic heterocycles. The van der Waals surface area contributed by atoms with Gasteiger partial charge < -0.3 is 15.3 Å². The van der Waals surface area contributed by atoms with E-state index >= 15 is 0 Å². The van der Waals surface area contributed by atoms with Crippen molar-refractivity contribution in [3.63, 3.8) is 0 Å². The number of phenols is 1. The Morgan fingerprint density at radius 2 is 2.12 bits per heavy atom. The highest BCUT2D eigenvalue weighted by molar-refractivity contribution is 5.38. The van der Waals surface area contributed by atoms with Crippen molar-refractivity contribution in [2.45, 2.75) is 26.3 Å². The van der Waals surface area contributed by atoms with Gasteiger partial charge in [-0.2, -0.15) is 0 Å². The van der Waals surface area contributed by atoms with Crippen LogP contribution in [0.4, 0.5) is 0 Å². The number of nitrogens with zero attached hydrogens (tertiary/aromatic N) is 1. The molecule has 0 amide bonds. The van der Waals surface area contributed by atoms with Crippen LogP contribution in [0.15, 0.2) is 18.2 Å². The Bertz CT molecular complexity index is 374. The summed E-state index contributed by atoms with van der Waals surface area (Å²) in [6.45, 7) is 8.57. The molecule has 1 aromatic rings. The molecule has 1 aromatic carbocycles. The summed E-state index contributed by atoms with van der Waals surface area (Å²) in [6.07, 6.45) is 1.06. The minimum Gasteiger partial charge on any atom is -0.508 e. The first-order chi connectivity index (χ1) is 8.24. The van der Waals surface area contributed by atoms with Crippen molar-refractivity contribution in [2.75, 3.05) is 26.2 Å². The van der Waals surface area contributed by atoms with Crippen LogP contribution in [0.25, 0.3) is 0 Å². The van der Waals surface area contributed by atoms with Crippen LogP contribution in [0.2, 0.25) is 0 Å². The van der Waals surface area contributed by atoms with Crippen LogP contribution in [-0.2, 0) is 6.42 Å². The molecule has 3 nitrogen and oxygen atoms in total. The molecule has 1 aliphatic rings. The molecule has 1 atom stereocenters. The number of benzene rings is 1. The number of likely N-dealkylation sites (N-methyl/N-ethyl adjacent to an activating group) is 1. The van der Waals surface area contributed by atoms with Crippen molar-refractivity contribution in [3.8, 4) is 5.75 Å². The summed E-state index contributed by atoms with van der Waals surface area (Å²) in [4.78, 5) is 2.41. The normalized spacial score (nSPS) is 19.4. The van der Waals surface area contributed by atoms with E-state index in [1.807, 2.05) is 6.07 Å². The van der Waals surface area contributed by atoms with E-state index in [1.165, 1.54) is 11.1 Å². The Morgan fingerprint density at radius 1 is 1.35 bits per heavy atom. The molecule has 0 fully saturated rings. The van der Waals surface area contributed by atoms with E-state index in [-0.39, 0.29) is 0 Å². The van der Waals surface area contributed by atoms with E-state index in [2.05, 4.69) is 30.1 Å². The molecule has 0 radical (unpaired) electrons. The lowest BCUT2D eigenvalue weighted by Gasteiger charge is -2.31. The average molecular weight is 234 g/mol. The third-order valence-corrected chi connectivity index (χ3v) is 3.63. The first-order valence-electron chi connectivity index (χ1n) is 6.52. The molecule has 0 saturated heterocycles. The number of nitrogens with one attached hydrogen (secondary N) is 1. The minimum absolute atomic E-state index is 0.353. The summed E-state index contributed by atoms with van der Waals surface area (Å²) in [7, 11) is 0. The fourth-order valence-corrected chi connectivity index (χ4v) is 2.53. The fraction of sp³-hybridized carbons (Fsp3) is 0.571. The minimum atomic E-state index is 0.353. The quantitative estimate of drug-likeness (QED) is 0.835. The van der Waals surface area contributed by atoms with Crippen LogP contribution >= 0.6 is 0 Å². The first kappa shape index (κ1) is 12.4. The van der Waals surface area contributed by atoms with E-state index < -0.39 is 0 Å². The van der Waals surface area contributed by atoms with Crippen molar-refractivity contribution >= 4 is 0 Å². The van der Waals surface area contributed by atoms with Crippen molar-refractivity contribution in [1.29, 1.82) is 0 Å². The molecule has 0 saturated carbocycles. The molecule has 0 aliphatic carbocycles. The third-order valence-electron chi connectivity index (χ3n) is 3.63. The molecular formula is C14H22N2O. The Kier molecular flexibility index (Phi) is 4.02. The number of rotatable bonds is 4. The molecule has 1 unspecified atom stereocenters. The average Bonchev–Trinajstić information content (AvgIpc) is 2.36. The maximum atomic E-state index is 9.61. The molecule has 2 N–H and O–H groups in total. The van der Waals surface area contributed by atoms with E-state index in [0.29, 0.717) is 11.8 Å². The maximum Gasteiger partial charge on any atom is 0.115 e. The van der Waals surface area contributed by atoms with Gasteiger partial charge in [-0.25, -0.2) is 0 Å². The van der Waals surface area contributed by atoms with Crippen molar-refractivity contribution in [1.82, 2.24) is 10.2 Å². The second-order valence-electron chi connectivity index (χ2n) is 4.63. The number of phenolic OH excluding ortho intramolecular Hbond substituents is 1. The van der Waals surface area contributed by atoms with Gasteiger partial charge in [-0.15, -0.1) is 0 Å². The highest BCUT2D eigenvalue weighted by Gasteiger charge is 2.21. The van der Waals surface area contributed by atoms with Gasteiger partial charge in [-0.05, 0) is 49.3 Å². The number of hydrogen-bond donors (Lipinski definition) is 2. The van der Waals surface area contributed by atoms with Gasteiger partial charge in [-0.1, -0.05) is 19.9 Å². The number of aromatic hydroxyl groups is 1. The maximum absolute atomic E-state index is 9.61. The summed E-state index contributed by atoms with van der Waals surface area (Å²) in [6, 6.07) is 6.11. The summed E-state index contributed by atoms with van der Waals surface area (Å²) >= 11 is 0. The summed E-state index contributed by atoms with van der Waals surface area (Å²) in [5.74, 6) is 0.372. The zero-order valence-electron chi connectivity index (χ0n) is 10.7. The molecule has 1 aliphatic heterocycles. The molecule has 17 heavy (non-hydrogen) atoms. The summed E-state index contributed by atoms with van der Waals surface area (Å²) in [5, 5.41) is 13.2. The van der Waals surface area contributed by atoms with Crippen LogP contribution < -0.4 is 5.32 Å². The van der Waals surface area contributed by atoms with Gasteiger partial charge in [0.05, 0.1) is 0 Å². The Hall–Kier alpha value is -1.06. The topological polar surface area (TPSA) is 35.5 Å². The predicted octanol–water partition coefficient (Wildman–Crippen LogP) is 1.92. The monoisotopic (exact) mass is 234 g/mol. The van der Waals surface area contributed by atoms with Gasteiger partial charge in [0.1, 0.15) is 5.75 Å². The highest BCUT2D eigenvalue weighted by Crippen LogP contribution is 2.27. The van der Waals surface area contributed by atoms with Crippen LogP contribution in [0, 0.1) is 0 Å². The van der Waals surface area contributed by atoms with E-state index in [9.17, 15) is 5.11 Å². The van der Waals surface area contributed by atoms with Gasteiger partial charge in [0.15, 0.2) is 0 Å². The highest BCUT2D eigenvalue weighted by atomic mass is 16.3. The lowest BCUT2D eigenvalue weighted by Crippen LogP contribution is -2.38. The fourth-order valence-electron chi connectivity index (χ4n) is 2.53. The molecule has 2 rings (SSSR count). The lowest BCUT2D eigenvalue weighted by atomic mass is 9.93. The van der Waals surface area contributed by atoms with Gasteiger partial charge in [0, 0.05) is 12.6 Å².